The lowest BCUT2D eigenvalue weighted by molar-refractivity contribution is 0.303. The van der Waals surface area contributed by atoms with Crippen LogP contribution in [0.1, 0.15) is 18.1 Å². The SMILES string of the molecule is CCOc1ccc(NCc2cc(Cl)cc(Cl)c2OCc2ccc(Cl)cc2Cl)cc1. The molecule has 7 heteroatoms. The van der Waals surface area contributed by atoms with Gasteiger partial charge in [0.1, 0.15) is 18.1 Å². The number of hydrogen-bond acceptors (Lipinski definition) is 3. The predicted molar refractivity (Wildman–Crippen MR) is 122 cm³/mol. The fourth-order valence-electron chi connectivity index (χ4n) is 2.73. The Balaban J connectivity index is 1.74. The van der Waals surface area contributed by atoms with Crippen molar-refractivity contribution < 1.29 is 9.47 Å². The molecule has 0 aliphatic carbocycles. The first-order valence-corrected chi connectivity index (χ1v) is 10.5. The molecule has 29 heavy (non-hydrogen) atoms. The second kappa shape index (κ2) is 10.3. The summed E-state index contributed by atoms with van der Waals surface area (Å²) in [6.07, 6.45) is 0. The molecule has 0 heterocycles. The second-order valence-corrected chi connectivity index (χ2v) is 7.90. The summed E-state index contributed by atoms with van der Waals surface area (Å²) in [6, 6.07) is 16.5. The first kappa shape index (κ1) is 21.9. The fourth-order valence-corrected chi connectivity index (χ4v) is 3.78. The van der Waals surface area contributed by atoms with Gasteiger partial charge in [-0.3, -0.25) is 0 Å². The number of nitrogens with one attached hydrogen (secondary N) is 1. The minimum Gasteiger partial charge on any atom is -0.494 e. The molecule has 0 aliphatic rings. The van der Waals surface area contributed by atoms with Gasteiger partial charge in [0, 0.05) is 38.4 Å². The summed E-state index contributed by atoms with van der Waals surface area (Å²) in [7, 11) is 0. The van der Waals surface area contributed by atoms with E-state index in [1.807, 2.05) is 43.3 Å². The van der Waals surface area contributed by atoms with E-state index in [1.165, 1.54) is 0 Å². The Morgan fingerprint density at radius 3 is 2.17 bits per heavy atom. The molecular weight excluding hydrogens is 452 g/mol. The summed E-state index contributed by atoms with van der Waals surface area (Å²) in [6.45, 7) is 3.32. The van der Waals surface area contributed by atoms with Gasteiger partial charge >= 0.3 is 0 Å². The Morgan fingerprint density at radius 1 is 0.759 bits per heavy atom. The van der Waals surface area contributed by atoms with E-state index in [0.717, 1.165) is 22.6 Å². The highest BCUT2D eigenvalue weighted by Gasteiger charge is 2.12. The summed E-state index contributed by atoms with van der Waals surface area (Å²) in [5, 5.41) is 5.43. The molecule has 0 aromatic heterocycles. The maximum Gasteiger partial charge on any atom is 0.143 e. The third-order valence-corrected chi connectivity index (χ3v) is 5.21. The average Bonchev–Trinajstić information content (AvgIpc) is 2.68. The van der Waals surface area contributed by atoms with Crippen LogP contribution in [0.5, 0.6) is 11.5 Å². The van der Waals surface area contributed by atoms with Crippen molar-refractivity contribution in [2.45, 2.75) is 20.1 Å². The minimum atomic E-state index is 0.257. The van der Waals surface area contributed by atoms with Gasteiger partial charge in [-0.05, 0) is 55.5 Å². The number of hydrogen-bond donors (Lipinski definition) is 1. The molecule has 0 fully saturated rings. The third kappa shape index (κ3) is 6.10. The quantitative estimate of drug-likeness (QED) is 0.363. The van der Waals surface area contributed by atoms with E-state index in [1.54, 1.807) is 18.2 Å². The standard InChI is InChI=1S/C22H19Cl4NO2/c1-2-28-19-7-5-18(6-8-19)27-12-15-9-17(24)11-21(26)22(15)29-13-14-3-4-16(23)10-20(14)25/h3-11,27H,2,12-13H2,1H3. The Morgan fingerprint density at radius 2 is 1.48 bits per heavy atom. The molecule has 0 atom stereocenters. The van der Waals surface area contributed by atoms with Crippen molar-refractivity contribution in [2.75, 3.05) is 11.9 Å². The van der Waals surface area contributed by atoms with Gasteiger partial charge in [-0.2, -0.15) is 0 Å². The predicted octanol–water partition coefficient (Wildman–Crippen LogP) is 7.89. The van der Waals surface area contributed by atoms with Gasteiger partial charge in [-0.1, -0.05) is 52.5 Å². The second-order valence-electron chi connectivity index (χ2n) is 6.21. The van der Waals surface area contributed by atoms with Crippen LogP contribution in [-0.4, -0.2) is 6.61 Å². The maximum atomic E-state index is 6.40. The molecule has 0 saturated heterocycles. The number of benzene rings is 3. The Labute approximate surface area is 190 Å². The van der Waals surface area contributed by atoms with Gasteiger partial charge in [-0.15, -0.1) is 0 Å². The Hall–Kier alpha value is -1.78. The van der Waals surface area contributed by atoms with Gasteiger partial charge in [-0.25, -0.2) is 0 Å². The van der Waals surface area contributed by atoms with Crippen LogP contribution in [0.4, 0.5) is 5.69 Å². The molecule has 1 N–H and O–H groups in total. The van der Waals surface area contributed by atoms with Crippen LogP contribution in [-0.2, 0) is 13.2 Å². The molecule has 3 aromatic rings. The number of ether oxygens (including phenoxy) is 2. The van der Waals surface area contributed by atoms with Crippen LogP contribution in [0, 0.1) is 0 Å². The van der Waals surface area contributed by atoms with Gasteiger partial charge in [0.25, 0.3) is 0 Å². The van der Waals surface area contributed by atoms with E-state index in [0.29, 0.717) is 39.0 Å². The Kier molecular flexibility index (Phi) is 7.79. The van der Waals surface area contributed by atoms with Crippen molar-refractivity contribution in [1.82, 2.24) is 0 Å². The average molecular weight is 471 g/mol. The highest BCUT2D eigenvalue weighted by Crippen LogP contribution is 2.34. The van der Waals surface area contributed by atoms with Crippen molar-refractivity contribution in [1.29, 1.82) is 0 Å². The highest BCUT2D eigenvalue weighted by atomic mass is 35.5. The summed E-state index contributed by atoms with van der Waals surface area (Å²) < 4.78 is 11.5. The zero-order valence-electron chi connectivity index (χ0n) is 15.6. The van der Waals surface area contributed by atoms with Crippen LogP contribution in [0.3, 0.4) is 0 Å². The molecule has 0 saturated carbocycles. The van der Waals surface area contributed by atoms with Gasteiger partial charge in [0.2, 0.25) is 0 Å². The van der Waals surface area contributed by atoms with Crippen molar-refractivity contribution >= 4 is 52.1 Å². The van der Waals surface area contributed by atoms with Crippen molar-refractivity contribution in [2.24, 2.45) is 0 Å². The van der Waals surface area contributed by atoms with E-state index >= 15 is 0 Å². The van der Waals surface area contributed by atoms with Crippen LogP contribution in [0.25, 0.3) is 0 Å². The smallest absolute Gasteiger partial charge is 0.143 e. The summed E-state index contributed by atoms with van der Waals surface area (Å²) in [4.78, 5) is 0. The molecule has 152 valence electrons. The van der Waals surface area contributed by atoms with Gasteiger partial charge in [0.15, 0.2) is 0 Å². The lowest BCUT2D eigenvalue weighted by atomic mass is 10.2. The first-order chi connectivity index (χ1) is 14.0. The topological polar surface area (TPSA) is 30.5 Å². The molecular formula is C22H19Cl4NO2. The number of anilines is 1. The first-order valence-electron chi connectivity index (χ1n) is 8.97. The monoisotopic (exact) mass is 469 g/mol. The van der Waals surface area contributed by atoms with Crippen LogP contribution >= 0.6 is 46.4 Å². The van der Waals surface area contributed by atoms with E-state index in [2.05, 4.69) is 5.32 Å². The number of rotatable bonds is 8. The van der Waals surface area contributed by atoms with Crippen molar-refractivity contribution in [3.05, 3.63) is 85.8 Å². The van der Waals surface area contributed by atoms with Crippen LogP contribution in [0.2, 0.25) is 20.1 Å². The summed E-state index contributed by atoms with van der Waals surface area (Å²) in [5.41, 5.74) is 2.59. The largest absolute Gasteiger partial charge is 0.494 e. The molecule has 0 radical (unpaired) electrons. The highest BCUT2D eigenvalue weighted by molar-refractivity contribution is 6.36. The lowest BCUT2D eigenvalue weighted by Crippen LogP contribution is -2.05. The lowest BCUT2D eigenvalue weighted by Gasteiger charge is -2.16. The zero-order chi connectivity index (χ0) is 20.8. The number of halogens is 4. The molecule has 3 nitrogen and oxygen atoms in total. The van der Waals surface area contributed by atoms with Crippen LogP contribution < -0.4 is 14.8 Å². The fraction of sp³-hybridized carbons (Fsp3) is 0.182. The van der Waals surface area contributed by atoms with E-state index in [9.17, 15) is 0 Å². The summed E-state index contributed by atoms with van der Waals surface area (Å²) in [5.74, 6) is 1.38. The molecule has 0 unspecified atom stereocenters. The van der Waals surface area contributed by atoms with E-state index in [-0.39, 0.29) is 6.61 Å². The molecule has 0 amide bonds. The normalized spacial score (nSPS) is 10.7. The van der Waals surface area contributed by atoms with E-state index < -0.39 is 0 Å². The Bertz CT molecular complexity index is 977. The molecule has 3 rings (SSSR count). The molecule has 3 aromatic carbocycles. The van der Waals surface area contributed by atoms with Gasteiger partial charge in [0.05, 0.1) is 11.6 Å². The third-order valence-electron chi connectivity index (χ3n) is 4.12. The zero-order valence-corrected chi connectivity index (χ0v) is 18.7. The van der Waals surface area contributed by atoms with Gasteiger partial charge < -0.3 is 14.8 Å². The van der Waals surface area contributed by atoms with Crippen molar-refractivity contribution in [3.63, 3.8) is 0 Å². The summed E-state index contributed by atoms with van der Waals surface area (Å²) >= 11 is 24.8. The minimum absolute atomic E-state index is 0.257. The van der Waals surface area contributed by atoms with E-state index in [4.69, 9.17) is 55.9 Å². The maximum absolute atomic E-state index is 6.40. The molecule has 0 aliphatic heterocycles. The van der Waals surface area contributed by atoms with Crippen LogP contribution in [0.15, 0.2) is 54.6 Å². The molecule has 0 spiro atoms. The van der Waals surface area contributed by atoms with Crippen molar-refractivity contribution in [3.8, 4) is 11.5 Å². The molecule has 0 bridgehead atoms.